The smallest absolute Gasteiger partial charge is 0.239 e. The Morgan fingerprint density at radius 3 is 2.19 bits per heavy atom. The summed E-state index contributed by atoms with van der Waals surface area (Å²) in [6.07, 6.45) is 0.801. The van der Waals surface area contributed by atoms with Crippen LogP contribution in [-0.4, -0.2) is 18.9 Å². The number of methoxy groups -OCH3 is 1. The lowest BCUT2D eigenvalue weighted by atomic mass is 9.90. The molecule has 0 aromatic heterocycles. The van der Waals surface area contributed by atoms with E-state index in [0.29, 0.717) is 11.4 Å². The minimum atomic E-state index is -1.23. The van der Waals surface area contributed by atoms with Crippen molar-refractivity contribution in [3.63, 3.8) is 0 Å². The van der Waals surface area contributed by atoms with E-state index >= 15 is 0 Å². The third-order valence-electron chi connectivity index (χ3n) is 4.46. The molecule has 0 radical (unpaired) electrons. The molecule has 0 unspecified atom stereocenters. The fraction of sp³-hybridized carbons (Fsp3) is 0.333. The second kappa shape index (κ2) is 8.04. The summed E-state index contributed by atoms with van der Waals surface area (Å²) in [5.41, 5.74) is 2.19. The first-order chi connectivity index (χ1) is 12.3. The fourth-order valence-corrected chi connectivity index (χ4v) is 2.54. The number of carbonyl (C=O) groups excluding carboxylic acids is 2. The van der Waals surface area contributed by atoms with Crippen LogP contribution < -0.4 is 15.4 Å². The van der Waals surface area contributed by atoms with Gasteiger partial charge in [0, 0.05) is 11.4 Å². The molecule has 0 aliphatic rings. The summed E-state index contributed by atoms with van der Waals surface area (Å²) < 4.78 is 5.10. The molecule has 0 saturated carbocycles. The lowest BCUT2D eigenvalue weighted by Crippen LogP contribution is -2.41. The van der Waals surface area contributed by atoms with Crippen molar-refractivity contribution >= 4 is 23.2 Å². The summed E-state index contributed by atoms with van der Waals surface area (Å²) in [5.74, 6) is -0.00837. The number of ether oxygens (including phenoxy) is 1. The number of benzene rings is 2. The monoisotopic (exact) mass is 354 g/mol. The number of nitrogens with one attached hydrogen (secondary N) is 2. The lowest BCUT2D eigenvalue weighted by Gasteiger charge is -2.24. The maximum atomic E-state index is 12.8. The van der Waals surface area contributed by atoms with Gasteiger partial charge in [-0.15, -0.1) is 0 Å². The van der Waals surface area contributed by atoms with Crippen molar-refractivity contribution in [1.82, 2.24) is 0 Å². The van der Waals surface area contributed by atoms with E-state index < -0.39 is 5.41 Å². The maximum absolute atomic E-state index is 12.8. The number of rotatable bonds is 6. The molecule has 0 aliphatic carbocycles. The van der Waals surface area contributed by atoms with Crippen molar-refractivity contribution in [2.24, 2.45) is 5.41 Å². The molecule has 138 valence electrons. The van der Waals surface area contributed by atoms with Gasteiger partial charge in [0.1, 0.15) is 11.2 Å². The minimum absolute atomic E-state index is 0.340. The van der Waals surface area contributed by atoms with Gasteiger partial charge in [0.15, 0.2) is 0 Å². The molecule has 0 aliphatic heterocycles. The Morgan fingerprint density at radius 2 is 1.62 bits per heavy atom. The van der Waals surface area contributed by atoms with Gasteiger partial charge in [-0.25, -0.2) is 0 Å². The molecule has 5 heteroatoms. The largest absolute Gasteiger partial charge is 0.497 e. The highest BCUT2D eigenvalue weighted by molar-refractivity contribution is 6.14. The van der Waals surface area contributed by atoms with Crippen LogP contribution in [0, 0.1) is 12.3 Å². The molecular formula is C21H26N2O3. The number of aryl methyl sites for hydroxylation is 2. The summed E-state index contributed by atoms with van der Waals surface area (Å²) in [5, 5.41) is 5.72. The van der Waals surface area contributed by atoms with Crippen molar-refractivity contribution in [2.45, 2.75) is 34.1 Å². The van der Waals surface area contributed by atoms with Crippen molar-refractivity contribution in [3.05, 3.63) is 53.6 Å². The summed E-state index contributed by atoms with van der Waals surface area (Å²) in [6.45, 7) is 7.21. The molecule has 0 fully saturated rings. The van der Waals surface area contributed by atoms with Crippen molar-refractivity contribution in [3.8, 4) is 5.75 Å². The first-order valence-corrected chi connectivity index (χ1v) is 8.65. The molecule has 0 atom stereocenters. The van der Waals surface area contributed by atoms with Crippen LogP contribution in [-0.2, 0) is 16.0 Å². The first-order valence-electron chi connectivity index (χ1n) is 8.65. The standard InChI is InChI=1S/C21H26N2O3/c1-6-15-9-7-8-14(2)18(15)23-20(25)21(3,4)19(24)22-16-10-12-17(26-5)13-11-16/h7-13H,6H2,1-5H3,(H,22,24)(H,23,25). The van der Waals surface area contributed by atoms with Gasteiger partial charge < -0.3 is 15.4 Å². The van der Waals surface area contributed by atoms with Crippen LogP contribution in [0.3, 0.4) is 0 Å². The van der Waals surface area contributed by atoms with Gasteiger partial charge in [0.25, 0.3) is 0 Å². The molecule has 0 spiro atoms. The number of hydrogen-bond acceptors (Lipinski definition) is 3. The molecule has 2 aromatic rings. The number of anilines is 2. The Kier molecular flexibility index (Phi) is 6.03. The molecule has 0 saturated heterocycles. The van der Waals surface area contributed by atoms with Gasteiger partial charge in [0.05, 0.1) is 7.11 Å². The van der Waals surface area contributed by atoms with E-state index in [0.717, 1.165) is 23.2 Å². The summed E-state index contributed by atoms with van der Waals surface area (Å²) >= 11 is 0. The summed E-state index contributed by atoms with van der Waals surface area (Å²) in [7, 11) is 1.58. The Bertz CT molecular complexity index is 795. The maximum Gasteiger partial charge on any atom is 0.239 e. The minimum Gasteiger partial charge on any atom is -0.497 e. The van der Waals surface area contributed by atoms with Crippen molar-refractivity contribution in [2.75, 3.05) is 17.7 Å². The van der Waals surface area contributed by atoms with Crippen molar-refractivity contribution in [1.29, 1.82) is 0 Å². The first kappa shape index (κ1) is 19.5. The third kappa shape index (κ3) is 4.23. The average Bonchev–Trinajstić information content (AvgIpc) is 2.63. The highest BCUT2D eigenvalue weighted by atomic mass is 16.5. The second-order valence-electron chi connectivity index (χ2n) is 6.72. The topological polar surface area (TPSA) is 67.4 Å². The Hall–Kier alpha value is -2.82. The van der Waals surface area contributed by atoms with E-state index in [9.17, 15) is 9.59 Å². The second-order valence-corrected chi connectivity index (χ2v) is 6.72. The summed E-state index contributed by atoms with van der Waals surface area (Å²) in [6, 6.07) is 12.9. The van der Waals surface area contributed by atoms with Crippen molar-refractivity contribution < 1.29 is 14.3 Å². The van der Waals surface area contributed by atoms with E-state index in [1.807, 2.05) is 32.0 Å². The zero-order valence-electron chi connectivity index (χ0n) is 16.0. The molecule has 2 N–H and O–H groups in total. The Balaban J connectivity index is 2.15. The molecule has 0 bridgehead atoms. The molecular weight excluding hydrogens is 328 g/mol. The quantitative estimate of drug-likeness (QED) is 0.765. The van der Waals surface area contributed by atoms with E-state index in [4.69, 9.17) is 4.74 Å². The number of hydrogen-bond donors (Lipinski definition) is 2. The fourth-order valence-electron chi connectivity index (χ4n) is 2.54. The Morgan fingerprint density at radius 1 is 1.00 bits per heavy atom. The number of carbonyl (C=O) groups is 2. The van der Waals surface area contributed by atoms with Gasteiger partial charge in [0.2, 0.25) is 11.8 Å². The number of amides is 2. The van der Waals surface area contributed by atoms with Crippen LogP contribution in [0.2, 0.25) is 0 Å². The molecule has 2 rings (SSSR count). The van der Waals surface area contributed by atoms with E-state index in [-0.39, 0.29) is 11.8 Å². The molecule has 2 amide bonds. The normalized spacial score (nSPS) is 11.0. The lowest BCUT2D eigenvalue weighted by molar-refractivity contribution is -0.135. The molecule has 5 nitrogen and oxygen atoms in total. The Labute approximate surface area is 154 Å². The summed E-state index contributed by atoms with van der Waals surface area (Å²) in [4.78, 5) is 25.5. The SMILES string of the molecule is CCc1cccc(C)c1NC(=O)C(C)(C)C(=O)Nc1ccc(OC)cc1. The zero-order chi connectivity index (χ0) is 19.3. The van der Waals surface area contributed by atoms with Gasteiger partial charge in [-0.05, 0) is 62.6 Å². The predicted octanol–water partition coefficient (Wildman–Crippen LogP) is 4.17. The van der Waals surface area contributed by atoms with Gasteiger partial charge in [-0.1, -0.05) is 25.1 Å². The predicted molar refractivity (Wildman–Crippen MR) is 105 cm³/mol. The molecule has 2 aromatic carbocycles. The van der Waals surface area contributed by atoms with E-state index in [2.05, 4.69) is 10.6 Å². The van der Waals surface area contributed by atoms with Gasteiger partial charge >= 0.3 is 0 Å². The van der Waals surface area contributed by atoms with Crippen LogP contribution in [0.1, 0.15) is 31.9 Å². The highest BCUT2D eigenvalue weighted by Crippen LogP contribution is 2.26. The van der Waals surface area contributed by atoms with Crippen LogP contribution in [0.25, 0.3) is 0 Å². The highest BCUT2D eigenvalue weighted by Gasteiger charge is 2.36. The van der Waals surface area contributed by atoms with Crippen LogP contribution in [0.15, 0.2) is 42.5 Å². The van der Waals surface area contributed by atoms with Crippen LogP contribution in [0.4, 0.5) is 11.4 Å². The van der Waals surface area contributed by atoms with Gasteiger partial charge in [-0.3, -0.25) is 9.59 Å². The van der Waals surface area contributed by atoms with E-state index in [1.54, 1.807) is 45.2 Å². The molecule has 0 heterocycles. The van der Waals surface area contributed by atoms with E-state index in [1.165, 1.54) is 0 Å². The molecule has 26 heavy (non-hydrogen) atoms. The van der Waals surface area contributed by atoms with Gasteiger partial charge in [-0.2, -0.15) is 0 Å². The average molecular weight is 354 g/mol. The van der Waals surface area contributed by atoms with Crippen LogP contribution in [0.5, 0.6) is 5.75 Å². The van der Waals surface area contributed by atoms with Crippen LogP contribution >= 0.6 is 0 Å². The number of para-hydroxylation sites is 1. The zero-order valence-corrected chi connectivity index (χ0v) is 16.0. The third-order valence-corrected chi connectivity index (χ3v) is 4.46.